The maximum atomic E-state index is 12.1. The fraction of sp³-hybridized carbons (Fsp3) is 0.235. The lowest BCUT2D eigenvalue weighted by Gasteiger charge is -2.11. The zero-order chi connectivity index (χ0) is 17.6. The minimum Gasteiger partial charge on any atom is -0.497 e. The molecule has 1 unspecified atom stereocenters. The van der Waals surface area contributed by atoms with Gasteiger partial charge in [-0.3, -0.25) is 9.89 Å². The summed E-state index contributed by atoms with van der Waals surface area (Å²) < 4.78 is 5.14. The van der Waals surface area contributed by atoms with Crippen LogP contribution in [0, 0.1) is 0 Å². The van der Waals surface area contributed by atoms with Crippen molar-refractivity contribution in [2.24, 2.45) is 0 Å². The number of thiophene rings is 1. The number of hydrogen-bond donors (Lipinski definition) is 2. The van der Waals surface area contributed by atoms with Crippen LogP contribution in [0.1, 0.15) is 17.8 Å². The number of ether oxygens (including phenoxy) is 1. The molecule has 0 aliphatic heterocycles. The summed E-state index contributed by atoms with van der Waals surface area (Å²) in [6, 6.07) is 11.5. The number of amides is 1. The summed E-state index contributed by atoms with van der Waals surface area (Å²) in [5, 5.41) is 12.6. The topological polar surface area (TPSA) is 79.9 Å². The number of nitrogens with one attached hydrogen (secondary N) is 2. The van der Waals surface area contributed by atoms with Crippen molar-refractivity contribution in [1.82, 2.24) is 20.5 Å². The molecule has 0 spiro atoms. The number of nitrogens with zero attached hydrogens (tertiary/aromatic N) is 2. The molecular weight excluding hydrogens is 356 g/mol. The van der Waals surface area contributed by atoms with Crippen LogP contribution in [0.15, 0.2) is 46.9 Å². The summed E-state index contributed by atoms with van der Waals surface area (Å²) >= 11 is 2.93. The Kier molecular flexibility index (Phi) is 5.72. The Hall–Kier alpha value is -2.32. The molecule has 2 N–H and O–H groups in total. The SMILES string of the molecule is COc1ccc(-c2nc(SCC(=O)NC(C)c3cccs3)n[nH]2)cc1. The average Bonchev–Trinajstić information content (AvgIpc) is 3.32. The molecule has 0 radical (unpaired) electrons. The van der Waals surface area contributed by atoms with Gasteiger partial charge in [-0.1, -0.05) is 17.8 Å². The van der Waals surface area contributed by atoms with Crippen molar-refractivity contribution in [3.05, 3.63) is 46.7 Å². The molecule has 0 aliphatic rings. The monoisotopic (exact) mass is 374 g/mol. The van der Waals surface area contributed by atoms with Crippen LogP contribution in [0.3, 0.4) is 0 Å². The number of carbonyl (C=O) groups excluding carboxylic acids is 1. The standard InChI is InChI=1S/C17H18N4O2S2/c1-11(14-4-3-9-24-14)18-15(22)10-25-17-19-16(20-21-17)12-5-7-13(23-2)8-6-12/h3-9,11H,10H2,1-2H3,(H,18,22)(H,19,20,21). The first-order valence-electron chi connectivity index (χ1n) is 7.68. The third-order valence-corrected chi connectivity index (χ3v) is 5.41. The second-order valence-corrected chi connectivity index (χ2v) is 7.21. The third kappa shape index (κ3) is 4.61. The number of aromatic nitrogens is 3. The predicted octanol–water partition coefficient (Wildman–Crippen LogP) is 3.51. The zero-order valence-corrected chi connectivity index (χ0v) is 15.5. The van der Waals surface area contributed by atoms with Crippen LogP contribution in [0.25, 0.3) is 11.4 Å². The van der Waals surface area contributed by atoms with Crippen LogP contribution >= 0.6 is 23.1 Å². The molecule has 8 heteroatoms. The van der Waals surface area contributed by atoms with Crippen molar-refractivity contribution in [3.63, 3.8) is 0 Å². The molecule has 2 aromatic heterocycles. The highest BCUT2D eigenvalue weighted by atomic mass is 32.2. The molecule has 0 saturated carbocycles. The third-order valence-electron chi connectivity index (χ3n) is 3.51. The van der Waals surface area contributed by atoms with E-state index in [2.05, 4.69) is 20.5 Å². The van der Waals surface area contributed by atoms with Gasteiger partial charge in [0, 0.05) is 10.4 Å². The summed E-state index contributed by atoms with van der Waals surface area (Å²) in [7, 11) is 1.63. The van der Waals surface area contributed by atoms with E-state index in [1.165, 1.54) is 11.8 Å². The Morgan fingerprint density at radius 2 is 2.16 bits per heavy atom. The predicted molar refractivity (Wildman–Crippen MR) is 100.0 cm³/mol. The van der Waals surface area contributed by atoms with Crippen molar-refractivity contribution < 1.29 is 9.53 Å². The number of benzene rings is 1. The van der Waals surface area contributed by atoms with E-state index in [0.717, 1.165) is 16.2 Å². The molecule has 2 heterocycles. The average molecular weight is 374 g/mol. The molecule has 3 rings (SSSR count). The van der Waals surface area contributed by atoms with Crippen molar-refractivity contribution in [2.45, 2.75) is 18.1 Å². The van der Waals surface area contributed by atoms with Crippen molar-refractivity contribution in [2.75, 3.05) is 12.9 Å². The van der Waals surface area contributed by atoms with E-state index in [-0.39, 0.29) is 17.7 Å². The molecule has 3 aromatic rings. The van der Waals surface area contributed by atoms with Gasteiger partial charge in [0.15, 0.2) is 5.82 Å². The Labute approximate surface area is 154 Å². The first-order chi connectivity index (χ1) is 12.2. The highest BCUT2D eigenvalue weighted by Crippen LogP contribution is 2.22. The summed E-state index contributed by atoms with van der Waals surface area (Å²) in [4.78, 5) is 17.6. The van der Waals surface area contributed by atoms with E-state index in [1.807, 2.05) is 48.7 Å². The summed E-state index contributed by atoms with van der Waals surface area (Å²) in [6.45, 7) is 1.98. The molecule has 25 heavy (non-hydrogen) atoms. The summed E-state index contributed by atoms with van der Waals surface area (Å²) in [5.41, 5.74) is 0.913. The van der Waals surface area contributed by atoms with E-state index >= 15 is 0 Å². The van der Waals surface area contributed by atoms with E-state index in [4.69, 9.17) is 4.74 Å². The Morgan fingerprint density at radius 1 is 1.36 bits per heavy atom. The smallest absolute Gasteiger partial charge is 0.230 e. The minimum absolute atomic E-state index is 0.00935. The second-order valence-electron chi connectivity index (χ2n) is 5.29. The maximum Gasteiger partial charge on any atom is 0.230 e. The molecule has 130 valence electrons. The van der Waals surface area contributed by atoms with E-state index in [1.54, 1.807) is 18.4 Å². The highest BCUT2D eigenvalue weighted by molar-refractivity contribution is 7.99. The molecule has 1 aromatic carbocycles. The lowest BCUT2D eigenvalue weighted by molar-refractivity contribution is -0.119. The lowest BCUT2D eigenvalue weighted by Crippen LogP contribution is -2.27. The Bertz CT molecular complexity index is 816. The Morgan fingerprint density at radius 3 is 2.84 bits per heavy atom. The minimum atomic E-state index is -0.0401. The van der Waals surface area contributed by atoms with Crippen LogP contribution in [0.5, 0.6) is 5.75 Å². The van der Waals surface area contributed by atoms with Crippen LogP contribution in [-0.4, -0.2) is 34.0 Å². The first-order valence-corrected chi connectivity index (χ1v) is 9.54. The van der Waals surface area contributed by atoms with Crippen LogP contribution in [0.2, 0.25) is 0 Å². The van der Waals surface area contributed by atoms with Crippen LogP contribution < -0.4 is 10.1 Å². The Balaban J connectivity index is 1.53. The largest absolute Gasteiger partial charge is 0.497 e. The number of thioether (sulfide) groups is 1. The first kappa shape index (κ1) is 17.5. The number of methoxy groups -OCH3 is 1. The van der Waals surface area contributed by atoms with Gasteiger partial charge < -0.3 is 10.1 Å². The van der Waals surface area contributed by atoms with Crippen molar-refractivity contribution >= 4 is 29.0 Å². The van der Waals surface area contributed by atoms with Gasteiger partial charge in [-0.05, 0) is 42.6 Å². The van der Waals surface area contributed by atoms with Gasteiger partial charge in [-0.2, -0.15) is 0 Å². The zero-order valence-electron chi connectivity index (χ0n) is 13.9. The number of hydrogen-bond acceptors (Lipinski definition) is 6. The highest BCUT2D eigenvalue weighted by Gasteiger charge is 2.12. The fourth-order valence-corrected chi connectivity index (χ4v) is 3.55. The van der Waals surface area contributed by atoms with Crippen LogP contribution in [0.4, 0.5) is 0 Å². The van der Waals surface area contributed by atoms with E-state index < -0.39 is 0 Å². The van der Waals surface area contributed by atoms with Gasteiger partial charge in [0.05, 0.1) is 18.9 Å². The molecule has 0 saturated heterocycles. The summed E-state index contributed by atoms with van der Waals surface area (Å²) in [6.07, 6.45) is 0. The lowest BCUT2D eigenvalue weighted by atomic mass is 10.2. The maximum absolute atomic E-state index is 12.1. The van der Waals surface area contributed by atoms with Gasteiger partial charge in [-0.15, -0.1) is 16.4 Å². The molecule has 6 nitrogen and oxygen atoms in total. The molecule has 1 atom stereocenters. The van der Waals surface area contributed by atoms with E-state index in [0.29, 0.717) is 11.0 Å². The number of aromatic amines is 1. The van der Waals surface area contributed by atoms with E-state index in [9.17, 15) is 4.79 Å². The fourth-order valence-electron chi connectivity index (χ4n) is 2.21. The number of rotatable bonds is 7. The van der Waals surface area contributed by atoms with Gasteiger partial charge in [0.25, 0.3) is 0 Å². The normalized spacial score (nSPS) is 11.9. The molecule has 0 aliphatic carbocycles. The number of carbonyl (C=O) groups is 1. The molecule has 0 fully saturated rings. The van der Waals surface area contributed by atoms with Gasteiger partial charge >= 0.3 is 0 Å². The molecular formula is C17H18N4O2S2. The van der Waals surface area contributed by atoms with Gasteiger partial charge in [0.1, 0.15) is 5.75 Å². The van der Waals surface area contributed by atoms with Crippen molar-refractivity contribution in [1.29, 1.82) is 0 Å². The molecule has 0 bridgehead atoms. The quantitative estimate of drug-likeness (QED) is 0.619. The summed E-state index contributed by atoms with van der Waals surface area (Å²) in [5.74, 6) is 1.68. The van der Waals surface area contributed by atoms with Gasteiger partial charge in [0.2, 0.25) is 11.1 Å². The van der Waals surface area contributed by atoms with Crippen molar-refractivity contribution in [3.8, 4) is 17.1 Å². The number of H-pyrrole nitrogens is 1. The van der Waals surface area contributed by atoms with Crippen LogP contribution in [-0.2, 0) is 4.79 Å². The van der Waals surface area contributed by atoms with Gasteiger partial charge in [-0.25, -0.2) is 4.98 Å². The second kappa shape index (κ2) is 8.17. The molecule has 1 amide bonds.